The van der Waals surface area contributed by atoms with Gasteiger partial charge < -0.3 is 14.8 Å². The zero-order chi connectivity index (χ0) is 11.8. The number of aromatic nitrogens is 3. The van der Waals surface area contributed by atoms with Gasteiger partial charge in [0.1, 0.15) is 11.6 Å². The van der Waals surface area contributed by atoms with Crippen molar-refractivity contribution in [1.29, 1.82) is 0 Å². The topological polar surface area (TPSA) is 46.0 Å². The molecule has 5 heteroatoms. The number of aryl methyl sites for hydroxylation is 1. The van der Waals surface area contributed by atoms with Crippen LogP contribution in [-0.2, 0) is 13.0 Å². The highest BCUT2D eigenvalue weighted by atomic mass is 15.3. The summed E-state index contributed by atoms with van der Waals surface area (Å²) in [5, 5.41) is 12.3. The second kappa shape index (κ2) is 4.38. The lowest BCUT2D eigenvalue weighted by Crippen LogP contribution is -2.34. The van der Waals surface area contributed by atoms with Gasteiger partial charge in [0.2, 0.25) is 0 Å². The number of nitrogens with zero attached hydrogens (tertiary/aromatic N) is 4. The minimum Gasteiger partial charge on any atom is -0.314 e. The molecule has 2 aliphatic heterocycles. The maximum Gasteiger partial charge on any atom is 0.149 e. The lowest BCUT2D eigenvalue weighted by Gasteiger charge is -2.19. The molecule has 94 valence electrons. The van der Waals surface area contributed by atoms with E-state index in [9.17, 15) is 0 Å². The number of fused-ring (bicyclic) bond motifs is 1. The molecule has 3 rings (SSSR count). The van der Waals surface area contributed by atoms with E-state index in [4.69, 9.17) is 0 Å². The normalized spacial score (nSPS) is 26.4. The van der Waals surface area contributed by atoms with Crippen LogP contribution in [0, 0.1) is 0 Å². The Morgan fingerprint density at radius 2 is 2.24 bits per heavy atom. The predicted octanol–water partition coefficient (Wildman–Crippen LogP) is 0.579. The van der Waals surface area contributed by atoms with Gasteiger partial charge in [-0.1, -0.05) is 0 Å². The summed E-state index contributed by atoms with van der Waals surface area (Å²) in [5.74, 6) is 2.28. The Hall–Kier alpha value is -0.940. The SMILES string of the molecule is CC(NC1CCN(C)C1)c1nnc2n1CCC2. The van der Waals surface area contributed by atoms with E-state index in [0.717, 1.165) is 31.2 Å². The second-order valence-corrected chi connectivity index (χ2v) is 5.37. The molecule has 0 bridgehead atoms. The average Bonchev–Trinajstić information content (AvgIpc) is 2.93. The Morgan fingerprint density at radius 3 is 3.00 bits per heavy atom. The minimum absolute atomic E-state index is 0.311. The van der Waals surface area contributed by atoms with Gasteiger partial charge in [0.15, 0.2) is 0 Å². The third-order valence-electron chi connectivity index (χ3n) is 3.90. The minimum atomic E-state index is 0.311. The number of likely N-dealkylation sites (N-methyl/N-ethyl adjacent to an activating group) is 1. The quantitative estimate of drug-likeness (QED) is 0.832. The highest BCUT2D eigenvalue weighted by molar-refractivity contribution is 5.04. The van der Waals surface area contributed by atoms with Gasteiger partial charge in [-0.05, 0) is 33.4 Å². The molecule has 1 aromatic rings. The van der Waals surface area contributed by atoms with Crippen LogP contribution >= 0.6 is 0 Å². The van der Waals surface area contributed by atoms with Crippen LogP contribution in [0.15, 0.2) is 0 Å². The third kappa shape index (κ3) is 2.09. The first kappa shape index (κ1) is 11.2. The summed E-state index contributed by atoms with van der Waals surface area (Å²) < 4.78 is 2.29. The molecule has 2 atom stereocenters. The molecule has 1 N–H and O–H groups in total. The Labute approximate surface area is 102 Å². The second-order valence-electron chi connectivity index (χ2n) is 5.37. The maximum absolute atomic E-state index is 4.34. The molecular weight excluding hydrogens is 214 g/mol. The standard InChI is InChI=1S/C12H21N5/c1-9(13-10-5-7-16(2)8-10)12-15-14-11-4-3-6-17(11)12/h9-10,13H,3-8H2,1-2H3. The summed E-state index contributed by atoms with van der Waals surface area (Å²) in [4.78, 5) is 2.37. The molecular formula is C12H21N5. The summed E-state index contributed by atoms with van der Waals surface area (Å²) in [6, 6.07) is 0.912. The van der Waals surface area contributed by atoms with E-state index in [1.54, 1.807) is 0 Å². The van der Waals surface area contributed by atoms with E-state index < -0.39 is 0 Å². The van der Waals surface area contributed by atoms with E-state index in [2.05, 4.69) is 39.0 Å². The molecule has 3 heterocycles. The van der Waals surface area contributed by atoms with Crippen molar-refractivity contribution in [1.82, 2.24) is 25.0 Å². The molecule has 1 saturated heterocycles. The molecule has 0 spiro atoms. The fraction of sp³-hybridized carbons (Fsp3) is 0.833. The van der Waals surface area contributed by atoms with Crippen molar-refractivity contribution in [3.63, 3.8) is 0 Å². The van der Waals surface area contributed by atoms with E-state index in [1.807, 2.05) is 0 Å². The van der Waals surface area contributed by atoms with E-state index in [1.165, 1.54) is 19.4 Å². The van der Waals surface area contributed by atoms with Crippen LogP contribution in [0.3, 0.4) is 0 Å². The van der Waals surface area contributed by atoms with Crippen molar-refractivity contribution >= 4 is 0 Å². The molecule has 0 saturated carbocycles. The molecule has 2 unspecified atom stereocenters. The van der Waals surface area contributed by atoms with E-state index in [-0.39, 0.29) is 0 Å². The van der Waals surface area contributed by atoms with Crippen molar-refractivity contribution in [3.8, 4) is 0 Å². The number of rotatable bonds is 3. The number of hydrogen-bond donors (Lipinski definition) is 1. The van der Waals surface area contributed by atoms with E-state index in [0.29, 0.717) is 12.1 Å². The van der Waals surface area contributed by atoms with Crippen LogP contribution in [0.2, 0.25) is 0 Å². The van der Waals surface area contributed by atoms with Gasteiger partial charge in [-0.25, -0.2) is 0 Å². The van der Waals surface area contributed by atoms with Gasteiger partial charge in [0, 0.05) is 25.6 Å². The molecule has 5 nitrogen and oxygen atoms in total. The van der Waals surface area contributed by atoms with Crippen molar-refractivity contribution in [2.24, 2.45) is 0 Å². The summed E-state index contributed by atoms with van der Waals surface area (Å²) in [6.45, 7) is 5.63. The summed E-state index contributed by atoms with van der Waals surface area (Å²) in [7, 11) is 2.18. The summed E-state index contributed by atoms with van der Waals surface area (Å²) in [5.41, 5.74) is 0. The first-order valence-electron chi connectivity index (χ1n) is 6.60. The Balaban J connectivity index is 1.67. The molecule has 0 aliphatic carbocycles. The number of likely N-dealkylation sites (tertiary alicyclic amines) is 1. The first-order chi connectivity index (χ1) is 8.24. The van der Waals surface area contributed by atoms with Gasteiger partial charge in [-0.2, -0.15) is 0 Å². The zero-order valence-electron chi connectivity index (χ0n) is 10.7. The monoisotopic (exact) mass is 235 g/mol. The van der Waals surface area contributed by atoms with Crippen LogP contribution in [0.1, 0.15) is 37.5 Å². The Kier molecular flexibility index (Phi) is 2.88. The van der Waals surface area contributed by atoms with Crippen LogP contribution < -0.4 is 5.32 Å². The lowest BCUT2D eigenvalue weighted by molar-refractivity contribution is 0.381. The van der Waals surface area contributed by atoms with Crippen LogP contribution in [0.25, 0.3) is 0 Å². The van der Waals surface area contributed by atoms with Crippen molar-refractivity contribution in [2.75, 3.05) is 20.1 Å². The Bertz CT molecular complexity index is 400. The number of hydrogen-bond acceptors (Lipinski definition) is 4. The fourth-order valence-electron chi connectivity index (χ4n) is 2.99. The van der Waals surface area contributed by atoms with Gasteiger partial charge >= 0.3 is 0 Å². The highest BCUT2D eigenvalue weighted by Crippen LogP contribution is 2.20. The average molecular weight is 235 g/mol. The Morgan fingerprint density at radius 1 is 1.35 bits per heavy atom. The predicted molar refractivity (Wildman–Crippen MR) is 65.8 cm³/mol. The smallest absolute Gasteiger partial charge is 0.149 e. The summed E-state index contributed by atoms with van der Waals surface area (Å²) >= 11 is 0. The lowest BCUT2D eigenvalue weighted by atomic mass is 10.2. The maximum atomic E-state index is 4.34. The van der Waals surface area contributed by atoms with Gasteiger partial charge in [0.05, 0.1) is 6.04 Å². The van der Waals surface area contributed by atoms with Gasteiger partial charge in [-0.15, -0.1) is 10.2 Å². The third-order valence-corrected chi connectivity index (χ3v) is 3.90. The van der Waals surface area contributed by atoms with Crippen molar-refractivity contribution in [2.45, 2.75) is 44.8 Å². The van der Waals surface area contributed by atoms with Crippen LogP contribution in [-0.4, -0.2) is 45.8 Å². The molecule has 1 fully saturated rings. The number of nitrogens with one attached hydrogen (secondary N) is 1. The molecule has 0 aromatic carbocycles. The van der Waals surface area contributed by atoms with Gasteiger partial charge in [0.25, 0.3) is 0 Å². The molecule has 0 amide bonds. The van der Waals surface area contributed by atoms with Gasteiger partial charge in [-0.3, -0.25) is 0 Å². The molecule has 0 radical (unpaired) electrons. The van der Waals surface area contributed by atoms with Crippen LogP contribution in [0.5, 0.6) is 0 Å². The fourth-order valence-corrected chi connectivity index (χ4v) is 2.99. The van der Waals surface area contributed by atoms with Crippen LogP contribution in [0.4, 0.5) is 0 Å². The van der Waals surface area contributed by atoms with E-state index >= 15 is 0 Å². The largest absolute Gasteiger partial charge is 0.314 e. The zero-order valence-corrected chi connectivity index (χ0v) is 10.7. The highest BCUT2D eigenvalue weighted by Gasteiger charge is 2.25. The molecule has 1 aromatic heterocycles. The van der Waals surface area contributed by atoms with Crippen molar-refractivity contribution in [3.05, 3.63) is 11.6 Å². The molecule has 2 aliphatic rings. The summed E-state index contributed by atoms with van der Waals surface area (Å²) in [6.07, 6.45) is 3.55. The molecule has 17 heavy (non-hydrogen) atoms. The first-order valence-corrected chi connectivity index (χ1v) is 6.60. The van der Waals surface area contributed by atoms with Crippen molar-refractivity contribution < 1.29 is 0 Å².